The van der Waals surface area contributed by atoms with Crippen LogP contribution in [0.3, 0.4) is 0 Å². The lowest BCUT2D eigenvalue weighted by Gasteiger charge is -2.18. The van der Waals surface area contributed by atoms with E-state index in [1.165, 1.54) is 0 Å². The second-order valence-corrected chi connectivity index (χ2v) is 9.78. The van der Waals surface area contributed by atoms with Gasteiger partial charge in [0.05, 0.1) is 36.1 Å². The van der Waals surface area contributed by atoms with E-state index in [2.05, 4.69) is 10.6 Å². The number of hydrogen-bond donors (Lipinski definition) is 2. The van der Waals surface area contributed by atoms with Crippen molar-refractivity contribution >= 4 is 33.0 Å². The Bertz CT molecular complexity index is 1070. The Morgan fingerprint density at radius 1 is 0.969 bits per heavy atom. The molecule has 1 atom stereocenters. The molecule has 0 spiro atoms. The first kappa shape index (κ1) is 23.6. The molecule has 8 nitrogen and oxygen atoms in total. The van der Waals surface area contributed by atoms with Crippen LogP contribution in [0.4, 0.5) is 11.4 Å². The topological polar surface area (TPSA) is 111 Å². The predicted molar refractivity (Wildman–Crippen MR) is 123 cm³/mol. The summed E-state index contributed by atoms with van der Waals surface area (Å²) in [6.07, 6.45) is 0.601. The second-order valence-electron chi connectivity index (χ2n) is 7.55. The third-order valence-corrected chi connectivity index (χ3v) is 6.88. The number of rotatable bonds is 9. The van der Waals surface area contributed by atoms with Crippen molar-refractivity contribution < 1.29 is 27.5 Å². The molecule has 1 saturated heterocycles. The highest BCUT2D eigenvalue weighted by molar-refractivity contribution is 7.91. The summed E-state index contributed by atoms with van der Waals surface area (Å²) in [6.45, 7) is 4.34. The number of hydrogen-bond acceptors (Lipinski definition) is 6. The van der Waals surface area contributed by atoms with E-state index in [-0.39, 0.29) is 35.7 Å². The number of nitrogens with one attached hydrogen (secondary N) is 2. The minimum absolute atomic E-state index is 0.0351. The molecule has 0 aliphatic carbocycles. The van der Waals surface area contributed by atoms with Gasteiger partial charge in [0.2, 0.25) is 5.91 Å². The van der Waals surface area contributed by atoms with Crippen molar-refractivity contribution in [3.63, 3.8) is 0 Å². The Morgan fingerprint density at radius 2 is 1.56 bits per heavy atom. The number of benzene rings is 2. The zero-order valence-corrected chi connectivity index (χ0v) is 19.0. The molecule has 3 rings (SSSR count). The summed E-state index contributed by atoms with van der Waals surface area (Å²) in [7, 11) is -3.05. The van der Waals surface area contributed by atoms with Crippen LogP contribution in [0.25, 0.3) is 0 Å². The summed E-state index contributed by atoms with van der Waals surface area (Å²) < 4.78 is 34.7. The van der Waals surface area contributed by atoms with Gasteiger partial charge in [0.25, 0.3) is 5.91 Å². The summed E-state index contributed by atoms with van der Waals surface area (Å²) in [6, 6.07) is 12.0. The molecule has 0 saturated carbocycles. The average molecular weight is 461 g/mol. The fourth-order valence-electron chi connectivity index (χ4n) is 3.59. The molecule has 0 radical (unpaired) electrons. The molecule has 0 aromatic heterocycles. The molecule has 1 aliphatic rings. The molecule has 2 aromatic carbocycles. The second kappa shape index (κ2) is 10.5. The van der Waals surface area contributed by atoms with E-state index in [4.69, 9.17) is 9.47 Å². The van der Waals surface area contributed by atoms with Gasteiger partial charge in [-0.2, -0.15) is 0 Å². The SMILES string of the molecule is CCOc1cc(NC(=O)c2ccccc2)c(OCC)cc1NC(=O)C[C@@H]1CCS(=O)(=O)C1. The summed E-state index contributed by atoms with van der Waals surface area (Å²) in [4.78, 5) is 25.2. The molecule has 0 unspecified atom stereocenters. The number of anilines is 2. The van der Waals surface area contributed by atoms with Crippen molar-refractivity contribution in [1.82, 2.24) is 0 Å². The minimum atomic E-state index is -3.05. The average Bonchev–Trinajstić information content (AvgIpc) is 3.09. The maximum Gasteiger partial charge on any atom is 0.255 e. The molecule has 0 bridgehead atoms. The third kappa shape index (κ3) is 6.23. The number of carbonyl (C=O) groups excluding carboxylic acids is 2. The Kier molecular flexibility index (Phi) is 7.74. The van der Waals surface area contributed by atoms with Crippen LogP contribution in [-0.4, -0.2) is 45.0 Å². The fraction of sp³-hybridized carbons (Fsp3) is 0.391. The van der Waals surface area contributed by atoms with Crippen LogP contribution in [0.15, 0.2) is 42.5 Å². The van der Waals surface area contributed by atoms with E-state index in [0.717, 1.165) is 0 Å². The number of carbonyl (C=O) groups is 2. The highest BCUT2D eigenvalue weighted by Gasteiger charge is 2.29. The maximum atomic E-state index is 12.6. The molecule has 1 aliphatic heterocycles. The molecule has 1 fully saturated rings. The van der Waals surface area contributed by atoms with Crippen molar-refractivity contribution in [2.75, 3.05) is 35.4 Å². The highest BCUT2D eigenvalue weighted by atomic mass is 32.2. The summed E-state index contributed by atoms with van der Waals surface area (Å²) in [5.74, 6) is 0.147. The Hall–Kier alpha value is -3.07. The van der Waals surface area contributed by atoms with Gasteiger partial charge >= 0.3 is 0 Å². The first-order valence-electron chi connectivity index (χ1n) is 10.6. The lowest BCUT2D eigenvalue weighted by Crippen LogP contribution is -2.18. The third-order valence-electron chi connectivity index (χ3n) is 5.04. The Morgan fingerprint density at radius 3 is 2.09 bits per heavy atom. The molecule has 2 aromatic rings. The summed E-state index contributed by atoms with van der Waals surface area (Å²) in [5, 5.41) is 5.64. The highest BCUT2D eigenvalue weighted by Crippen LogP contribution is 2.37. The molecule has 32 heavy (non-hydrogen) atoms. The molecule has 2 amide bonds. The standard InChI is InChI=1S/C23H28N2O6S/c1-3-30-20-14-19(25-23(27)17-8-6-5-7-9-17)21(31-4-2)13-18(20)24-22(26)12-16-10-11-32(28,29)15-16/h5-9,13-14,16H,3-4,10-12,15H2,1-2H3,(H,24,26)(H,25,27)/t16-/m0/s1. The van der Waals surface area contributed by atoms with Crippen molar-refractivity contribution in [2.24, 2.45) is 5.92 Å². The summed E-state index contributed by atoms with van der Waals surface area (Å²) >= 11 is 0. The largest absolute Gasteiger partial charge is 0.492 e. The zero-order valence-electron chi connectivity index (χ0n) is 18.2. The van der Waals surface area contributed by atoms with Crippen molar-refractivity contribution in [2.45, 2.75) is 26.7 Å². The summed E-state index contributed by atoms with van der Waals surface area (Å²) in [5.41, 5.74) is 1.32. The maximum absolute atomic E-state index is 12.6. The van der Waals surface area contributed by atoms with Gasteiger partial charge in [0.15, 0.2) is 9.84 Å². The van der Waals surface area contributed by atoms with Crippen molar-refractivity contribution in [3.05, 3.63) is 48.0 Å². The first-order valence-corrected chi connectivity index (χ1v) is 12.4. The number of amides is 2. The molecular weight excluding hydrogens is 432 g/mol. The minimum Gasteiger partial charge on any atom is -0.492 e. The zero-order chi connectivity index (χ0) is 23.1. The Balaban J connectivity index is 1.81. The smallest absolute Gasteiger partial charge is 0.255 e. The van der Waals surface area contributed by atoms with Crippen molar-refractivity contribution in [1.29, 1.82) is 0 Å². The van der Waals surface area contributed by atoms with Gasteiger partial charge in [-0.25, -0.2) is 8.42 Å². The van der Waals surface area contributed by atoms with Crippen LogP contribution in [0, 0.1) is 5.92 Å². The normalized spacial score (nSPS) is 16.9. The first-order chi connectivity index (χ1) is 15.3. The van der Waals surface area contributed by atoms with Crippen LogP contribution in [-0.2, 0) is 14.6 Å². The van der Waals surface area contributed by atoms with Gasteiger partial charge in [0, 0.05) is 24.1 Å². The van der Waals surface area contributed by atoms with E-state index in [1.54, 1.807) is 36.4 Å². The molecular formula is C23H28N2O6S. The van der Waals surface area contributed by atoms with E-state index in [0.29, 0.717) is 48.1 Å². The monoisotopic (exact) mass is 460 g/mol. The van der Waals surface area contributed by atoms with Crippen LogP contribution in [0.2, 0.25) is 0 Å². The molecule has 172 valence electrons. The van der Waals surface area contributed by atoms with E-state index in [1.807, 2.05) is 19.9 Å². The fourth-order valence-corrected chi connectivity index (χ4v) is 5.45. The van der Waals surface area contributed by atoms with Gasteiger partial charge in [-0.3, -0.25) is 9.59 Å². The van der Waals surface area contributed by atoms with Gasteiger partial charge in [-0.05, 0) is 38.3 Å². The van der Waals surface area contributed by atoms with Crippen LogP contribution >= 0.6 is 0 Å². The van der Waals surface area contributed by atoms with Crippen molar-refractivity contribution in [3.8, 4) is 11.5 Å². The molecule has 1 heterocycles. The van der Waals surface area contributed by atoms with Crippen LogP contribution in [0.1, 0.15) is 37.0 Å². The lowest BCUT2D eigenvalue weighted by atomic mass is 10.0. The molecule has 2 N–H and O–H groups in total. The van der Waals surface area contributed by atoms with Crippen LogP contribution in [0.5, 0.6) is 11.5 Å². The van der Waals surface area contributed by atoms with Gasteiger partial charge in [-0.15, -0.1) is 0 Å². The van der Waals surface area contributed by atoms with Gasteiger partial charge in [-0.1, -0.05) is 18.2 Å². The number of ether oxygens (including phenoxy) is 2. The van der Waals surface area contributed by atoms with Gasteiger partial charge in [0.1, 0.15) is 11.5 Å². The van der Waals surface area contributed by atoms with E-state index < -0.39 is 9.84 Å². The van der Waals surface area contributed by atoms with E-state index in [9.17, 15) is 18.0 Å². The molecule has 9 heteroatoms. The van der Waals surface area contributed by atoms with Gasteiger partial charge < -0.3 is 20.1 Å². The number of sulfone groups is 1. The van der Waals surface area contributed by atoms with Crippen LogP contribution < -0.4 is 20.1 Å². The predicted octanol–water partition coefficient (Wildman–Crippen LogP) is 3.50. The Labute approximate surface area is 188 Å². The quantitative estimate of drug-likeness (QED) is 0.593. The van der Waals surface area contributed by atoms with E-state index >= 15 is 0 Å². The lowest BCUT2D eigenvalue weighted by molar-refractivity contribution is -0.116.